The zero-order valence-electron chi connectivity index (χ0n) is 10.3. The van der Waals surface area contributed by atoms with E-state index in [4.69, 9.17) is 0 Å². The molecule has 0 saturated heterocycles. The first-order chi connectivity index (χ1) is 8.65. The van der Waals surface area contributed by atoms with Crippen LogP contribution in [0.2, 0.25) is 0 Å². The molecular weight excluding hydrogens is 252 g/mol. The molecule has 0 saturated carbocycles. The Hall–Kier alpha value is -1.87. The van der Waals surface area contributed by atoms with E-state index < -0.39 is 0 Å². The molecule has 1 aromatic heterocycles. The lowest BCUT2D eigenvalue weighted by Crippen LogP contribution is -2.08. The summed E-state index contributed by atoms with van der Waals surface area (Å²) in [7, 11) is 1.37. The summed E-state index contributed by atoms with van der Waals surface area (Å²) in [4.78, 5) is 26.3. The largest absolute Gasteiger partial charge is 0.469 e. The van der Waals surface area contributed by atoms with Gasteiger partial charge < -0.3 is 4.74 Å². The molecule has 18 heavy (non-hydrogen) atoms. The number of rotatable bonds is 5. The molecule has 0 radical (unpaired) electrons. The van der Waals surface area contributed by atoms with Crippen LogP contribution in [0.3, 0.4) is 0 Å². The maximum Gasteiger partial charge on any atom is 0.305 e. The third kappa shape index (κ3) is 4.97. The van der Waals surface area contributed by atoms with Gasteiger partial charge in [0.2, 0.25) is 0 Å². The van der Waals surface area contributed by atoms with Crippen molar-refractivity contribution in [2.45, 2.75) is 26.2 Å². The maximum atomic E-state index is 11.2. The Morgan fingerprint density at radius 1 is 1.56 bits per heavy atom. The predicted octanol–water partition coefficient (Wildman–Crippen LogP) is 1.60. The van der Waals surface area contributed by atoms with Gasteiger partial charge in [-0.1, -0.05) is 5.92 Å². The van der Waals surface area contributed by atoms with Gasteiger partial charge in [-0.05, 0) is 25.7 Å². The van der Waals surface area contributed by atoms with E-state index in [9.17, 15) is 9.59 Å². The van der Waals surface area contributed by atoms with Crippen molar-refractivity contribution in [2.75, 3.05) is 12.4 Å². The molecule has 1 aromatic rings. The number of aryl methyl sites for hydroxylation is 1. The average molecular weight is 266 g/mol. The van der Waals surface area contributed by atoms with Crippen LogP contribution in [0.25, 0.3) is 0 Å². The van der Waals surface area contributed by atoms with E-state index in [0.29, 0.717) is 24.4 Å². The van der Waals surface area contributed by atoms with Crippen LogP contribution >= 0.6 is 11.3 Å². The molecular formula is C12H14N2O3S. The minimum atomic E-state index is -0.368. The summed E-state index contributed by atoms with van der Waals surface area (Å²) in [5.74, 6) is 4.29. The van der Waals surface area contributed by atoms with Gasteiger partial charge in [0.25, 0.3) is 0 Å². The van der Waals surface area contributed by atoms with Crippen molar-refractivity contribution >= 4 is 28.3 Å². The van der Waals surface area contributed by atoms with Gasteiger partial charge in [-0.25, -0.2) is 4.98 Å². The van der Waals surface area contributed by atoms with E-state index in [1.54, 1.807) is 6.92 Å². The molecule has 1 N–H and O–H groups in total. The Morgan fingerprint density at radius 2 is 2.33 bits per heavy atom. The van der Waals surface area contributed by atoms with Crippen LogP contribution in [0, 0.1) is 11.8 Å². The van der Waals surface area contributed by atoms with Gasteiger partial charge in [0.1, 0.15) is 0 Å². The Labute approximate surface area is 110 Å². The quantitative estimate of drug-likeness (QED) is 0.649. The van der Waals surface area contributed by atoms with Crippen molar-refractivity contribution < 1.29 is 14.3 Å². The summed E-state index contributed by atoms with van der Waals surface area (Å²) in [5.41, 5.74) is 0.851. The van der Waals surface area contributed by atoms with Crippen molar-refractivity contribution in [1.82, 2.24) is 4.98 Å². The molecule has 96 valence electrons. The van der Waals surface area contributed by atoms with Crippen LogP contribution < -0.4 is 5.32 Å². The molecule has 5 nitrogen and oxygen atoms in total. The molecule has 0 aliphatic heterocycles. The van der Waals surface area contributed by atoms with Crippen LogP contribution in [0.5, 0.6) is 0 Å². The Balaban J connectivity index is 2.40. The first-order valence-electron chi connectivity index (χ1n) is 5.40. The fraction of sp³-hybridized carbons (Fsp3) is 0.417. The molecule has 0 aliphatic rings. The molecule has 1 rings (SSSR count). The molecule has 6 heteroatoms. The van der Waals surface area contributed by atoms with Crippen molar-refractivity contribution in [2.24, 2.45) is 0 Å². The standard InChI is InChI=1S/C12H14N2O3S/c1-3-5-10(15)14-12-13-9(8-18-12)6-4-7-11(16)17-2/h8H,4,6-7H2,1-2H3,(H,13,14,15). The van der Waals surface area contributed by atoms with Crippen LogP contribution in [-0.4, -0.2) is 24.0 Å². The van der Waals surface area contributed by atoms with E-state index in [0.717, 1.165) is 5.69 Å². The first kappa shape index (κ1) is 14.2. The third-order valence-electron chi connectivity index (χ3n) is 2.05. The van der Waals surface area contributed by atoms with E-state index in [1.165, 1.54) is 18.4 Å². The molecule has 0 bridgehead atoms. The lowest BCUT2D eigenvalue weighted by molar-refractivity contribution is -0.140. The first-order valence-corrected chi connectivity index (χ1v) is 6.28. The van der Waals surface area contributed by atoms with Crippen LogP contribution in [-0.2, 0) is 20.7 Å². The molecule has 0 unspecified atom stereocenters. The molecule has 0 spiro atoms. The van der Waals surface area contributed by atoms with Gasteiger partial charge in [0, 0.05) is 11.8 Å². The fourth-order valence-electron chi connectivity index (χ4n) is 1.24. The molecule has 0 aromatic carbocycles. The van der Waals surface area contributed by atoms with Crippen LogP contribution in [0.15, 0.2) is 5.38 Å². The molecule has 0 atom stereocenters. The van der Waals surface area contributed by atoms with Gasteiger partial charge in [0.15, 0.2) is 5.13 Å². The van der Waals surface area contributed by atoms with E-state index >= 15 is 0 Å². The Bertz CT molecular complexity index is 485. The Morgan fingerprint density at radius 3 is 3.00 bits per heavy atom. The van der Waals surface area contributed by atoms with E-state index in [2.05, 4.69) is 26.9 Å². The lowest BCUT2D eigenvalue weighted by atomic mass is 10.2. The average Bonchev–Trinajstić information content (AvgIpc) is 2.76. The number of aromatic nitrogens is 1. The van der Waals surface area contributed by atoms with Crippen LogP contribution in [0.1, 0.15) is 25.5 Å². The third-order valence-corrected chi connectivity index (χ3v) is 2.86. The topological polar surface area (TPSA) is 68.3 Å². The number of amides is 1. The van der Waals surface area contributed by atoms with Gasteiger partial charge in [-0.3, -0.25) is 14.9 Å². The molecule has 0 fully saturated rings. The second-order valence-electron chi connectivity index (χ2n) is 3.40. The zero-order valence-corrected chi connectivity index (χ0v) is 11.1. The second-order valence-corrected chi connectivity index (χ2v) is 4.26. The SMILES string of the molecule is CC#CC(=O)Nc1nc(CCCC(=O)OC)cs1. The minimum absolute atomic E-state index is 0.225. The highest BCUT2D eigenvalue weighted by molar-refractivity contribution is 7.13. The Kier molecular flexibility index (Phi) is 5.88. The van der Waals surface area contributed by atoms with Crippen LogP contribution in [0.4, 0.5) is 5.13 Å². The number of nitrogens with zero attached hydrogens (tertiary/aromatic N) is 1. The predicted molar refractivity (Wildman–Crippen MR) is 69.1 cm³/mol. The summed E-state index contributed by atoms with van der Waals surface area (Å²) >= 11 is 1.34. The van der Waals surface area contributed by atoms with Crippen molar-refractivity contribution in [3.8, 4) is 11.8 Å². The van der Waals surface area contributed by atoms with Crippen molar-refractivity contribution in [1.29, 1.82) is 0 Å². The van der Waals surface area contributed by atoms with E-state index in [1.807, 2.05) is 5.38 Å². The summed E-state index contributed by atoms with van der Waals surface area (Å²) in [5, 5.41) is 4.95. The van der Waals surface area contributed by atoms with Gasteiger partial charge in [0.05, 0.1) is 12.8 Å². The van der Waals surface area contributed by atoms with Gasteiger partial charge in [-0.15, -0.1) is 11.3 Å². The lowest BCUT2D eigenvalue weighted by Gasteiger charge is -1.97. The summed E-state index contributed by atoms with van der Waals surface area (Å²) < 4.78 is 4.54. The highest BCUT2D eigenvalue weighted by atomic mass is 32.1. The zero-order chi connectivity index (χ0) is 13.4. The number of carbonyl (C=O) groups is 2. The number of ether oxygens (including phenoxy) is 1. The van der Waals surface area contributed by atoms with Crippen molar-refractivity contribution in [3.63, 3.8) is 0 Å². The van der Waals surface area contributed by atoms with Gasteiger partial charge >= 0.3 is 11.9 Å². The fourth-order valence-corrected chi connectivity index (χ4v) is 1.98. The number of anilines is 1. The highest BCUT2D eigenvalue weighted by Gasteiger charge is 2.06. The number of carbonyl (C=O) groups excluding carboxylic acids is 2. The number of thiazole rings is 1. The number of nitrogens with one attached hydrogen (secondary N) is 1. The molecule has 1 heterocycles. The number of hydrogen-bond acceptors (Lipinski definition) is 5. The number of hydrogen-bond donors (Lipinski definition) is 1. The monoisotopic (exact) mass is 266 g/mol. The summed E-state index contributed by atoms with van der Waals surface area (Å²) in [6, 6.07) is 0. The molecule has 0 aliphatic carbocycles. The number of methoxy groups -OCH3 is 1. The minimum Gasteiger partial charge on any atom is -0.469 e. The maximum absolute atomic E-state index is 11.2. The van der Waals surface area contributed by atoms with Crippen molar-refractivity contribution in [3.05, 3.63) is 11.1 Å². The normalized spacial score (nSPS) is 9.22. The summed E-state index contributed by atoms with van der Waals surface area (Å²) in [6.45, 7) is 1.60. The highest BCUT2D eigenvalue weighted by Crippen LogP contribution is 2.16. The van der Waals surface area contributed by atoms with Gasteiger partial charge in [-0.2, -0.15) is 0 Å². The molecule has 1 amide bonds. The summed E-state index contributed by atoms with van der Waals surface area (Å²) in [6.07, 6.45) is 1.73. The smallest absolute Gasteiger partial charge is 0.305 e. The number of esters is 1. The van der Waals surface area contributed by atoms with E-state index in [-0.39, 0.29) is 11.9 Å². The second kappa shape index (κ2) is 7.45.